The Morgan fingerprint density at radius 1 is 1.59 bits per heavy atom. The van der Waals surface area contributed by atoms with E-state index in [1.165, 1.54) is 18.2 Å². The van der Waals surface area contributed by atoms with Gasteiger partial charge in [-0.25, -0.2) is 4.39 Å². The fourth-order valence-electron chi connectivity index (χ4n) is 1.71. The van der Waals surface area contributed by atoms with Crippen LogP contribution in [-0.4, -0.2) is 11.9 Å². The van der Waals surface area contributed by atoms with Crippen LogP contribution in [0.15, 0.2) is 18.2 Å². The Kier molecular flexibility index (Phi) is 3.64. The number of para-hydroxylation sites is 1. The monoisotopic (exact) mass is 256 g/mol. The molecule has 17 heavy (non-hydrogen) atoms. The third-order valence-electron chi connectivity index (χ3n) is 2.88. The summed E-state index contributed by atoms with van der Waals surface area (Å²) >= 11 is 5.80. The molecule has 3 N–H and O–H groups in total. The maximum Gasteiger partial charge on any atom is 0.226 e. The Balaban J connectivity index is 1.97. The van der Waals surface area contributed by atoms with Gasteiger partial charge in [0.1, 0.15) is 5.82 Å². The van der Waals surface area contributed by atoms with Gasteiger partial charge >= 0.3 is 0 Å². The summed E-state index contributed by atoms with van der Waals surface area (Å²) in [6.45, 7) is 0. The molecular weight excluding hydrogens is 243 g/mol. The molecule has 1 aromatic carbocycles. The highest BCUT2D eigenvalue weighted by molar-refractivity contribution is 6.33. The molecule has 1 aliphatic carbocycles. The first-order chi connectivity index (χ1) is 8.08. The Morgan fingerprint density at radius 3 is 2.88 bits per heavy atom. The number of benzene rings is 1. The number of rotatable bonds is 4. The molecule has 1 aliphatic rings. The van der Waals surface area contributed by atoms with Crippen LogP contribution in [0.25, 0.3) is 0 Å². The van der Waals surface area contributed by atoms with Crippen LogP contribution in [-0.2, 0) is 4.79 Å². The molecule has 5 heteroatoms. The zero-order chi connectivity index (χ0) is 12.4. The van der Waals surface area contributed by atoms with Gasteiger partial charge in [0, 0.05) is 12.5 Å². The van der Waals surface area contributed by atoms with Gasteiger partial charge in [-0.05, 0) is 30.9 Å². The first-order valence-corrected chi connectivity index (χ1v) is 5.95. The number of carbonyl (C=O) groups excluding carboxylic acids is 1. The van der Waals surface area contributed by atoms with E-state index in [0.29, 0.717) is 5.92 Å². The van der Waals surface area contributed by atoms with Gasteiger partial charge < -0.3 is 11.1 Å². The first kappa shape index (κ1) is 12.3. The summed E-state index contributed by atoms with van der Waals surface area (Å²) in [5.74, 6) is -0.390. The van der Waals surface area contributed by atoms with Crippen molar-refractivity contribution >= 4 is 23.2 Å². The molecule has 1 atom stereocenters. The lowest BCUT2D eigenvalue weighted by Gasteiger charge is -2.11. The smallest absolute Gasteiger partial charge is 0.226 e. The largest absolute Gasteiger partial charge is 0.327 e. The molecule has 92 valence electrons. The molecule has 3 nitrogen and oxygen atoms in total. The summed E-state index contributed by atoms with van der Waals surface area (Å²) in [5, 5.41) is 2.66. The van der Waals surface area contributed by atoms with Gasteiger partial charge in [-0.2, -0.15) is 0 Å². The topological polar surface area (TPSA) is 55.1 Å². The second-order valence-corrected chi connectivity index (χ2v) is 4.76. The number of nitrogens with one attached hydrogen (secondary N) is 1. The fourth-order valence-corrected chi connectivity index (χ4v) is 1.92. The summed E-state index contributed by atoms with van der Waals surface area (Å²) < 4.78 is 13.4. The van der Waals surface area contributed by atoms with Crippen LogP contribution in [0.3, 0.4) is 0 Å². The van der Waals surface area contributed by atoms with Crippen molar-refractivity contribution in [2.75, 3.05) is 5.32 Å². The maximum atomic E-state index is 13.4. The molecule has 0 spiro atoms. The van der Waals surface area contributed by atoms with Gasteiger partial charge in [0.25, 0.3) is 0 Å². The SMILES string of the molecule is NC(CC(=O)Nc1c(F)cccc1Cl)C1CC1. The Labute approximate surface area is 104 Å². The number of anilines is 1. The van der Waals surface area contributed by atoms with E-state index in [4.69, 9.17) is 17.3 Å². The molecule has 0 radical (unpaired) electrons. The van der Waals surface area contributed by atoms with Crippen LogP contribution < -0.4 is 11.1 Å². The zero-order valence-corrected chi connectivity index (χ0v) is 10.0. The van der Waals surface area contributed by atoms with Crippen molar-refractivity contribution in [1.82, 2.24) is 0 Å². The summed E-state index contributed by atoms with van der Waals surface area (Å²) in [7, 11) is 0. The molecule has 0 heterocycles. The quantitative estimate of drug-likeness (QED) is 0.870. The third-order valence-corrected chi connectivity index (χ3v) is 3.19. The average Bonchev–Trinajstić information content (AvgIpc) is 3.07. The van der Waals surface area contributed by atoms with Crippen molar-refractivity contribution < 1.29 is 9.18 Å². The van der Waals surface area contributed by atoms with Crippen molar-refractivity contribution in [3.05, 3.63) is 29.0 Å². The predicted octanol–water partition coefficient (Wildman–Crippen LogP) is 2.55. The predicted molar refractivity (Wildman–Crippen MR) is 65.4 cm³/mol. The second-order valence-electron chi connectivity index (χ2n) is 4.35. The number of amides is 1. The molecule has 1 fully saturated rings. The molecule has 0 bridgehead atoms. The van der Waals surface area contributed by atoms with E-state index in [0.717, 1.165) is 12.8 Å². The Hall–Kier alpha value is -1.13. The number of nitrogens with two attached hydrogens (primary N) is 1. The number of halogens is 2. The van der Waals surface area contributed by atoms with Crippen LogP contribution in [0.4, 0.5) is 10.1 Å². The molecule has 1 amide bonds. The summed E-state index contributed by atoms with van der Waals surface area (Å²) in [6, 6.07) is 4.13. The van der Waals surface area contributed by atoms with E-state index in [2.05, 4.69) is 5.32 Å². The number of hydrogen-bond donors (Lipinski definition) is 2. The van der Waals surface area contributed by atoms with Crippen LogP contribution >= 0.6 is 11.6 Å². The maximum absolute atomic E-state index is 13.4. The molecule has 0 saturated heterocycles. The highest BCUT2D eigenvalue weighted by atomic mass is 35.5. The molecule has 0 aromatic heterocycles. The van der Waals surface area contributed by atoms with Crippen molar-refractivity contribution in [2.24, 2.45) is 11.7 Å². The molecule has 2 rings (SSSR count). The summed E-state index contributed by atoms with van der Waals surface area (Å²) in [6.07, 6.45) is 2.36. The van der Waals surface area contributed by atoms with Crippen LogP contribution in [0.5, 0.6) is 0 Å². The van der Waals surface area contributed by atoms with E-state index < -0.39 is 5.82 Å². The van der Waals surface area contributed by atoms with Crippen molar-refractivity contribution in [2.45, 2.75) is 25.3 Å². The van der Waals surface area contributed by atoms with Gasteiger partial charge in [-0.1, -0.05) is 17.7 Å². The second kappa shape index (κ2) is 5.02. The Morgan fingerprint density at radius 2 is 2.29 bits per heavy atom. The van der Waals surface area contributed by atoms with Crippen molar-refractivity contribution in [1.29, 1.82) is 0 Å². The van der Waals surface area contributed by atoms with Crippen LogP contribution in [0.1, 0.15) is 19.3 Å². The lowest BCUT2D eigenvalue weighted by molar-refractivity contribution is -0.116. The van der Waals surface area contributed by atoms with Gasteiger partial charge in [0.2, 0.25) is 5.91 Å². The zero-order valence-electron chi connectivity index (χ0n) is 9.25. The number of carbonyl (C=O) groups is 1. The molecular formula is C12H14ClFN2O. The lowest BCUT2D eigenvalue weighted by atomic mass is 10.1. The van der Waals surface area contributed by atoms with Gasteiger partial charge in [-0.3, -0.25) is 4.79 Å². The van der Waals surface area contributed by atoms with Crippen molar-refractivity contribution in [3.8, 4) is 0 Å². The summed E-state index contributed by atoms with van der Waals surface area (Å²) in [5.41, 5.74) is 5.85. The Bertz CT molecular complexity index is 414. The molecule has 1 unspecified atom stereocenters. The van der Waals surface area contributed by atoms with E-state index in [1.807, 2.05) is 0 Å². The van der Waals surface area contributed by atoms with Gasteiger partial charge in [0.05, 0.1) is 10.7 Å². The van der Waals surface area contributed by atoms with E-state index >= 15 is 0 Å². The minimum atomic E-state index is -0.536. The van der Waals surface area contributed by atoms with Crippen LogP contribution in [0, 0.1) is 11.7 Å². The standard InChI is InChI=1S/C12H14ClFN2O/c13-8-2-1-3-9(14)12(8)16-11(17)6-10(15)7-4-5-7/h1-3,7,10H,4-6,15H2,(H,16,17). The first-order valence-electron chi connectivity index (χ1n) is 5.57. The molecule has 1 saturated carbocycles. The van der Waals surface area contributed by atoms with Crippen molar-refractivity contribution in [3.63, 3.8) is 0 Å². The summed E-state index contributed by atoms with van der Waals surface area (Å²) in [4.78, 5) is 11.6. The van der Waals surface area contributed by atoms with Gasteiger partial charge in [0.15, 0.2) is 0 Å². The number of hydrogen-bond acceptors (Lipinski definition) is 2. The lowest BCUT2D eigenvalue weighted by Crippen LogP contribution is -2.29. The molecule has 0 aliphatic heterocycles. The van der Waals surface area contributed by atoms with E-state index in [-0.39, 0.29) is 29.1 Å². The molecule has 1 aromatic rings. The fraction of sp³-hybridized carbons (Fsp3) is 0.417. The highest BCUT2D eigenvalue weighted by Gasteiger charge is 2.30. The minimum absolute atomic E-state index is 0.0298. The van der Waals surface area contributed by atoms with Gasteiger partial charge in [-0.15, -0.1) is 0 Å². The van der Waals surface area contributed by atoms with Crippen LogP contribution in [0.2, 0.25) is 5.02 Å². The highest BCUT2D eigenvalue weighted by Crippen LogP contribution is 2.33. The minimum Gasteiger partial charge on any atom is -0.327 e. The van der Waals surface area contributed by atoms with E-state index in [1.54, 1.807) is 0 Å². The van der Waals surface area contributed by atoms with E-state index in [9.17, 15) is 9.18 Å². The third kappa shape index (κ3) is 3.17. The normalized spacial score (nSPS) is 16.6. The average molecular weight is 257 g/mol.